The van der Waals surface area contributed by atoms with Crippen molar-refractivity contribution in [3.8, 4) is 0 Å². The van der Waals surface area contributed by atoms with Crippen molar-refractivity contribution < 1.29 is 19.0 Å². The molecule has 4 saturated heterocycles. The van der Waals surface area contributed by atoms with Crippen LogP contribution in [0.2, 0.25) is 0 Å². The number of fused-ring (bicyclic) bond motifs is 5. The Bertz CT molecular complexity index is 697. The molecule has 0 amide bonds. The molecule has 4 aliphatic rings. The van der Waals surface area contributed by atoms with Crippen LogP contribution < -0.4 is 0 Å². The molecule has 6 nitrogen and oxygen atoms in total. The zero-order chi connectivity index (χ0) is 18.6. The highest BCUT2D eigenvalue weighted by Gasteiger charge is 2.63. The molecule has 27 heavy (non-hydrogen) atoms. The summed E-state index contributed by atoms with van der Waals surface area (Å²) >= 11 is 0. The van der Waals surface area contributed by atoms with E-state index in [-0.39, 0.29) is 30.6 Å². The second kappa shape index (κ2) is 6.65. The van der Waals surface area contributed by atoms with Gasteiger partial charge in [0.15, 0.2) is 12.1 Å². The molecule has 0 bridgehead atoms. The first kappa shape index (κ1) is 17.8. The first-order chi connectivity index (χ1) is 13.1. The van der Waals surface area contributed by atoms with Crippen LogP contribution in [0, 0.1) is 5.92 Å². The third-order valence-electron chi connectivity index (χ3n) is 6.09. The lowest BCUT2D eigenvalue weighted by atomic mass is 9.85. The molecule has 0 N–H and O–H groups in total. The molecule has 0 unspecified atom stereocenters. The van der Waals surface area contributed by atoms with Gasteiger partial charge in [0.25, 0.3) is 0 Å². The largest absolute Gasteiger partial charge is 0.343 e. The molecule has 146 valence electrons. The minimum atomic E-state index is -0.604. The number of hydrogen-bond donors (Lipinski definition) is 0. The Kier molecular flexibility index (Phi) is 4.39. The van der Waals surface area contributed by atoms with E-state index >= 15 is 0 Å². The Balaban J connectivity index is 1.41. The summed E-state index contributed by atoms with van der Waals surface area (Å²) in [6.45, 7) is 11.1. The molecule has 5 rings (SSSR count). The van der Waals surface area contributed by atoms with Crippen molar-refractivity contribution in [3.05, 3.63) is 48.6 Å². The van der Waals surface area contributed by atoms with E-state index in [4.69, 9.17) is 19.0 Å². The van der Waals surface area contributed by atoms with Gasteiger partial charge in [-0.1, -0.05) is 36.4 Å². The molecule has 4 aliphatic heterocycles. The van der Waals surface area contributed by atoms with E-state index in [2.05, 4.69) is 40.8 Å². The van der Waals surface area contributed by atoms with Gasteiger partial charge in [0.2, 0.25) is 0 Å². The summed E-state index contributed by atoms with van der Waals surface area (Å²) in [5.74, 6) is -0.200. The van der Waals surface area contributed by atoms with Gasteiger partial charge in [-0.3, -0.25) is 9.74 Å². The first-order valence-corrected chi connectivity index (χ1v) is 9.85. The van der Waals surface area contributed by atoms with Crippen LogP contribution in [0.15, 0.2) is 43.0 Å². The van der Waals surface area contributed by atoms with Crippen LogP contribution >= 0.6 is 0 Å². The van der Waals surface area contributed by atoms with E-state index in [1.165, 1.54) is 5.56 Å². The van der Waals surface area contributed by atoms with Gasteiger partial charge in [-0.05, 0) is 19.4 Å². The normalized spacial score (nSPS) is 40.5. The van der Waals surface area contributed by atoms with Crippen molar-refractivity contribution in [3.63, 3.8) is 0 Å². The van der Waals surface area contributed by atoms with E-state index in [0.717, 1.165) is 26.2 Å². The summed E-state index contributed by atoms with van der Waals surface area (Å²) < 4.78 is 18.7. The third kappa shape index (κ3) is 3.05. The Morgan fingerprint density at radius 2 is 1.96 bits per heavy atom. The first-order valence-electron chi connectivity index (χ1n) is 9.85. The fraction of sp³-hybridized carbons (Fsp3) is 0.619. The summed E-state index contributed by atoms with van der Waals surface area (Å²) in [7, 11) is 0. The van der Waals surface area contributed by atoms with Gasteiger partial charge >= 0.3 is 0 Å². The Labute approximate surface area is 160 Å². The number of likely N-dealkylation sites (tertiary alicyclic amines) is 1. The van der Waals surface area contributed by atoms with Gasteiger partial charge in [0.1, 0.15) is 6.10 Å². The van der Waals surface area contributed by atoms with E-state index in [9.17, 15) is 0 Å². The Morgan fingerprint density at radius 3 is 2.74 bits per heavy atom. The summed E-state index contributed by atoms with van der Waals surface area (Å²) in [5.41, 5.74) is 1.25. The minimum Gasteiger partial charge on any atom is -0.343 e. The number of rotatable bonds is 4. The fourth-order valence-electron chi connectivity index (χ4n) is 5.12. The zero-order valence-corrected chi connectivity index (χ0v) is 16.0. The zero-order valence-electron chi connectivity index (χ0n) is 16.0. The quantitative estimate of drug-likeness (QED) is 0.755. The predicted molar refractivity (Wildman–Crippen MR) is 99.5 cm³/mol. The molecule has 6 atom stereocenters. The van der Waals surface area contributed by atoms with Crippen LogP contribution in [-0.4, -0.2) is 66.0 Å². The van der Waals surface area contributed by atoms with Crippen LogP contribution in [0.1, 0.15) is 19.4 Å². The highest BCUT2D eigenvalue weighted by molar-refractivity contribution is 5.16. The van der Waals surface area contributed by atoms with Gasteiger partial charge in [0, 0.05) is 25.6 Å². The maximum atomic E-state index is 6.44. The molecule has 1 aromatic carbocycles. The molecule has 4 fully saturated rings. The van der Waals surface area contributed by atoms with Gasteiger partial charge in [-0.15, -0.1) is 6.58 Å². The van der Waals surface area contributed by atoms with E-state index in [0.29, 0.717) is 5.92 Å². The lowest BCUT2D eigenvalue weighted by Crippen LogP contribution is -2.62. The molecule has 0 aromatic heterocycles. The average molecular weight is 372 g/mol. The van der Waals surface area contributed by atoms with Crippen molar-refractivity contribution in [1.82, 2.24) is 9.96 Å². The maximum Gasteiger partial charge on any atom is 0.189 e. The summed E-state index contributed by atoms with van der Waals surface area (Å²) in [4.78, 5) is 8.56. The van der Waals surface area contributed by atoms with Crippen LogP contribution in [0.3, 0.4) is 0 Å². The number of hydroxylamine groups is 2. The molecular weight excluding hydrogens is 344 g/mol. The monoisotopic (exact) mass is 372 g/mol. The van der Waals surface area contributed by atoms with Gasteiger partial charge in [-0.2, -0.15) is 5.06 Å². The van der Waals surface area contributed by atoms with Crippen LogP contribution in [0.5, 0.6) is 0 Å². The predicted octanol–water partition coefficient (Wildman–Crippen LogP) is 2.17. The Hall–Kier alpha value is -1.28. The molecular formula is C21H28N2O4. The summed E-state index contributed by atoms with van der Waals surface area (Å²) in [6.07, 6.45) is 1.56. The van der Waals surface area contributed by atoms with Crippen molar-refractivity contribution in [1.29, 1.82) is 0 Å². The standard InChI is InChI=1S/C21H28N2O4/c1-4-10-22-12-15-13-24-23(11-14-8-6-5-7-9-14)16(15)18-17(22)19-20(25-18)27-21(2,3)26-19/h4-9,15-20H,1,10-13H2,2-3H3/t15-,16+,17+,18-,19-,20-/m1/s1. The smallest absolute Gasteiger partial charge is 0.189 e. The van der Waals surface area contributed by atoms with Crippen LogP contribution in [-0.2, 0) is 25.6 Å². The molecule has 0 aliphatic carbocycles. The van der Waals surface area contributed by atoms with Crippen molar-refractivity contribution >= 4 is 0 Å². The van der Waals surface area contributed by atoms with Gasteiger partial charge in [-0.25, -0.2) is 0 Å². The molecule has 6 heteroatoms. The van der Waals surface area contributed by atoms with Crippen molar-refractivity contribution in [2.75, 3.05) is 19.7 Å². The van der Waals surface area contributed by atoms with Crippen molar-refractivity contribution in [2.45, 2.75) is 56.8 Å². The molecule has 0 radical (unpaired) electrons. The average Bonchev–Trinajstić information content (AvgIpc) is 3.26. The van der Waals surface area contributed by atoms with Gasteiger partial charge < -0.3 is 14.2 Å². The number of nitrogens with zero attached hydrogens (tertiary/aromatic N) is 2. The minimum absolute atomic E-state index is 0.000937. The number of hydrogen-bond acceptors (Lipinski definition) is 6. The molecule has 1 aromatic rings. The second-order valence-electron chi connectivity index (χ2n) is 8.41. The van der Waals surface area contributed by atoms with E-state index < -0.39 is 5.79 Å². The van der Waals surface area contributed by atoms with E-state index in [1.807, 2.05) is 26.0 Å². The molecule has 4 heterocycles. The number of benzene rings is 1. The number of piperidine rings is 1. The summed E-state index contributed by atoms with van der Waals surface area (Å²) in [6, 6.07) is 10.8. The molecule has 0 saturated carbocycles. The van der Waals surface area contributed by atoms with Crippen LogP contribution in [0.4, 0.5) is 0 Å². The third-order valence-corrected chi connectivity index (χ3v) is 6.09. The van der Waals surface area contributed by atoms with Crippen molar-refractivity contribution in [2.24, 2.45) is 5.92 Å². The highest BCUT2D eigenvalue weighted by atomic mass is 16.8. The van der Waals surface area contributed by atoms with Crippen LogP contribution in [0.25, 0.3) is 0 Å². The van der Waals surface area contributed by atoms with E-state index in [1.54, 1.807) is 0 Å². The lowest BCUT2D eigenvalue weighted by Gasteiger charge is -2.45. The fourth-order valence-corrected chi connectivity index (χ4v) is 5.12. The van der Waals surface area contributed by atoms with Gasteiger partial charge in [0.05, 0.1) is 24.8 Å². The summed E-state index contributed by atoms with van der Waals surface area (Å²) in [5, 5.41) is 2.12. The highest BCUT2D eigenvalue weighted by Crippen LogP contribution is 2.46. The second-order valence-corrected chi connectivity index (χ2v) is 8.41. The Morgan fingerprint density at radius 1 is 1.15 bits per heavy atom. The lowest BCUT2D eigenvalue weighted by molar-refractivity contribution is -0.235. The maximum absolute atomic E-state index is 6.44. The topological polar surface area (TPSA) is 43.4 Å². The number of ether oxygens (including phenoxy) is 3. The SMILES string of the molecule is C=CCN1C[C@@H]2CON(Cc3ccccc3)[C@@H]2[C@H]2O[C@@H]3OC(C)(C)O[C@@H]3[C@H]21. The molecule has 0 spiro atoms.